The Morgan fingerprint density at radius 2 is 2.05 bits per heavy atom. The fraction of sp³-hybridized carbons (Fsp3) is 0.667. The van der Waals surface area contributed by atoms with Crippen LogP contribution in [0.3, 0.4) is 0 Å². The number of carboxylic acids is 1. The zero-order chi connectivity index (χ0) is 14.9. The molecule has 1 fully saturated rings. The van der Waals surface area contributed by atoms with Crippen molar-refractivity contribution in [1.82, 2.24) is 15.1 Å². The predicted molar refractivity (Wildman–Crippen MR) is 69.2 cm³/mol. The van der Waals surface area contributed by atoms with Gasteiger partial charge in [0.25, 0.3) is 0 Å². The first-order valence-corrected chi connectivity index (χ1v) is 7.14. The number of carbonyl (C=O) groups excluding carboxylic acids is 2. The number of hydrogen-bond donors (Lipinski definition) is 0. The summed E-state index contributed by atoms with van der Waals surface area (Å²) in [5.74, 6) is -1.35. The Bertz CT molecular complexity index is 529. The molecule has 110 valence electrons. The molecule has 2 rings (SSSR count). The van der Waals surface area contributed by atoms with Crippen LogP contribution >= 0.6 is 11.3 Å². The molecule has 0 aliphatic carbocycles. The Hall–Kier alpha value is -0.700. The first-order valence-electron chi connectivity index (χ1n) is 6.32. The van der Waals surface area contributed by atoms with Gasteiger partial charge < -0.3 is 14.6 Å². The number of aromatic nitrogens is 2. The second-order valence-electron chi connectivity index (χ2n) is 5.56. The maximum atomic E-state index is 12.1. The van der Waals surface area contributed by atoms with Crippen LogP contribution in [0, 0.1) is 0 Å². The Kier molecular flexibility index (Phi) is 6.15. The van der Waals surface area contributed by atoms with Crippen LogP contribution in [0.4, 0.5) is 4.79 Å². The van der Waals surface area contributed by atoms with Gasteiger partial charge in [-0.15, -0.1) is 10.2 Å². The van der Waals surface area contributed by atoms with E-state index in [1.54, 1.807) is 25.7 Å². The molecule has 2 heterocycles. The van der Waals surface area contributed by atoms with Gasteiger partial charge in [0.15, 0.2) is 5.01 Å². The minimum Gasteiger partial charge on any atom is -0.542 e. The van der Waals surface area contributed by atoms with Gasteiger partial charge in [0.1, 0.15) is 16.6 Å². The van der Waals surface area contributed by atoms with Crippen LogP contribution in [-0.4, -0.2) is 39.3 Å². The van der Waals surface area contributed by atoms with Crippen molar-refractivity contribution in [2.45, 2.75) is 45.3 Å². The van der Waals surface area contributed by atoms with Gasteiger partial charge >= 0.3 is 35.7 Å². The van der Waals surface area contributed by atoms with Gasteiger partial charge in [-0.2, -0.15) is 0 Å². The summed E-state index contributed by atoms with van der Waals surface area (Å²) in [4.78, 5) is 24.4. The molecule has 1 aliphatic heterocycles. The first kappa shape index (κ1) is 18.3. The van der Waals surface area contributed by atoms with E-state index in [9.17, 15) is 14.7 Å². The summed E-state index contributed by atoms with van der Waals surface area (Å²) >= 11 is 0.944. The molecule has 0 saturated carbocycles. The molecule has 21 heavy (non-hydrogen) atoms. The number of rotatable bonds is 2. The van der Waals surface area contributed by atoms with Crippen molar-refractivity contribution >= 4 is 23.4 Å². The van der Waals surface area contributed by atoms with Crippen LogP contribution in [-0.2, 0) is 4.74 Å². The zero-order valence-corrected chi connectivity index (χ0v) is 15.4. The number of likely N-dealkylation sites (tertiary alicyclic amines) is 1. The molecule has 0 radical (unpaired) electrons. The summed E-state index contributed by atoms with van der Waals surface area (Å²) in [6.45, 7) is 5.97. The second kappa shape index (κ2) is 7.04. The van der Waals surface area contributed by atoms with E-state index in [1.807, 2.05) is 0 Å². The minimum atomic E-state index is -1.35. The average Bonchev–Trinajstić information content (AvgIpc) is 2.95. The van der Waals surface area contributed by atoms with E-state index in [0.717, 1.165) is 24.2 Å². The topological polar surface area (TPSA) is 95.5 Å². The molecule has 7 nitrogen and oxygen atoms in total. The Morgan fingerprint density at radius 1 is 1.38 bits per heavy atom. The van der Waals surface area contributed by atoms with Gasteiger partial charge in [0.05, 0.1) is 6.04 Å². The minimum absolute atomic E-state index is 0. The van der Waals surface area contributed by atoms with Crippen LogP contribution in [0.2, 0.25) is 0 Å². The fourth-order valence-electron chi connectivity index (χ4n) is 2.01. The van der Waals surface area contributed by atoms with Crippen molar-refractivity contribution in [3.05, 3.63) is 10.0 Å². The van der Waals surface area contributed by atoms with E-state index in [1.165, 1.54) is 0 Å². The molecule has 9 heteroatoms. The second-order valence-corrected chi connectivity index (χ2v) is 6.57. The standard InChI is InChI=1S/C12H17N3O4S.Na/c1-12(2,3)19-11(18)15-6-4-5-7(15)8-13-14-9(20-8)10(16)17;/h7H,4-6H2,1-3H3,(H,16,17);/q;+1/p-1. The molecule has 0 N–H and O–H groups in total. The summed E-state index contributed by atoms with van der Waals surface area (Å²) in [5.41, 5.74) is -0.568. The van der Waals surface area contributed by atoms with Crippen LogP contribution < -0.4 is 34.7 Å². The average molecular weight is 321 g/mol. The molecular weight excluding hydrogens is 305 g/mol. The van der Waals surface area contributed by atoms with Gasteiger partial charge in [-0.25, -0.2) is 4.79 Å². The molecule has 1 unspecified atom stereocenters. The molecule has 0 bridgehead atoms. The Labute approximate surface area is 149 Å². The van der Waals surface area contributed by atoms with Crippen LogP contribution in [0.1, 0.15) is 54.5 Å². The maximum absolute atomic E-state index is 12.1. The van der Waals surface area contributed by atoms with Crippen molar-refractivity contribution in [2.75, 3.05) is 6.54 Å². The molecule has 1 saturated heterocycles. The zero-order valence-electron chi connectivity index (χ0n) is 12.6. The quantitative estimate of drug-likeness (QED) is 0.584. The summed E-state index contributed by atoms with van der Waals surface area (Å²) in [6.07, 6.45) is 1.13. The summed E-state index contributed by atoms with van der Waals surface area (Å²) in [7, 11) is 0. The van der Waals surface area contributed by atoms with E-state index >= 15 is 0 Å². The number of ether oxygens (including phenoxy) is 1. The monoisotopic (exact) mass is 321 g/mol. The van der Waals surface area contributed by atoms with Crippen molar-refractivity contribution in [3.8, 4) is 0 Å². The van der Waals surface area contributed by atoms with Gasteiger partial charge in [0, 0.05) is 6.54 Å². The molecular formula is C12H16N3NaO4S. The fourth-order valence-corrected chi connectivity index (χ4v) is 2.84. The molecule has 1 atom stereocenters. The van der Waals surface area contributed by atoms with E-state index in [4.69, 9.17) is 4.74 Å². The summed E-state index contributed by atoms with van der Waals surface area (Å²) < 4.78 is 5.34. The Morgan fingerprint density at radius 3 is 2.57 bits per heavy atom. The molecule has 1 aromatic heterocycles. The van der Waals surface area contributed by atoms with Gasteiger partial charge in [-0.3, -0.25) is 4.90 Å². The van der Waals surface area contributed by atoms with Gasteiger partial charge in [-0.05, 0) is 33.6 Å². The van der Waals surface area contributed by atoms with Crippen molar-refractivity contribution in [3.63, 3.8) is 0 Å². The van der Waals surface area contributed by atoms with E-state index in [2.05, 4.69) is 10.2 Å². The molecule has 1 aromatic rings. The smallest absolute Gasteiger partial charge is 0.542 e. The largest absolute Gasteiger partial charge is 1.00 e. The summed E-state index contributed by atoms with van der Waals surface area (Å²) in [5, 5.41) is 18.5. The third-order valence-corrected chi connectivity index (χ3v) is 3.79. The van der Waals surface area contributed by atoms with E-state index in [-0.39, 0.29) is 40.6 Å². The number of aromatic carboxylic acids is 1. The van der Waals surface area contributed by atoms with E-state index < -0.39 is 17.7 Å². The molecule has 1 aliphatic rings. The van der Waals surface area contributed by atoms with Gasteiger partial charge in [0.2, 0.25) is 0 Å². The molecule has 0 aromatic carbocycles. The van der Waals surface area contributed by atoms with Crippen LogP contribution in [0.15, 0.2) is 0 Å². The van der Waals surface area contributed by atoms with Crippen LogP contribution in [0.25, 0.3) is 0 Å². The number of carbonyl (C=O) groups is 2. The molecule has 0 spiro atoms. The van der Waals surface area contributed by atoms with Crippen molar-refractivity contribution in [2.24, 2.45) is 0 Å². The SMILES string of the molecule is CC(C)(C)OC(=O)N1CCCC1c1nnc(C(=O)[O-])s1.[Na+]. The van der Waals surface area contributed by atoms with Crippen molar-refractivity contribution < 1.29 is 49.0 Å². The normalized spacial score (nSPS) is 18.2. The number of hydrogen-bond acceptors (Lipinski definition) is 7. The number of amides is 1. The van der Waals surface area contributed by atoms with Crippen molar-refractivity contribution in [1.29, 1.82) is 0 Å². The third kappa shape index (κ3) is 4.64. The predicted octanol–water partition coefficient (Wildman–Crippen LogP) is -2.02. The number of carboxylic acid groups (broad SMARTS) is 1. The molecule has 1 amide bonds. The first-order chi connectivity index (χ1) is 9.28. The van der Waals surface area contributed by atoms with Gasteiger partial charge in [-0.1, -0.05) is 11.3 Å². The maximum Gasteiger partial charge on any atom is 1.00 e. The van der Waals surface area contributed by atoms with E-state index in [0.29, 0.717) is 11.6 Å². The Balaban J connectivity index is 0.00000220. The third-order valence-electron chi connectivity index (χ3n) is 2.78. The van der Waals surface area contributed by atoms with Crippen LogP contribution in [0.5, 0.6) is 0 Å². The summed E-state index contributed by atoms with van der Waals surface area (Å²) in [6, 6.07) is -0.268. The number of nitrogens with zero attached hydrogens (tertiary/aromatic N) is 3.